The van der Waals surface area contributed by atoms with Gasteiger partial charge in [0.25, 0.3) is 0 Å². The van der Waals surface area contributed by atoms with Crippen LogP contribution in [0.2, 0.25) is 0 Å². The van der Waals surface area contributed by atoms with Gasteiger partial charge in [-0.05, 0) is 20.8 Å². The van der Waals surface area contributed by atoms with Crippen molar-refractivity contribution in [2.45, 2.75) is 33.2 Å². The SMILES string of the molecule is CCNc1nc(NCCC(=O)NC(C)C)c(F)cc1F. The fraction of sp³-hybridized carbons (Fsp3) is 0.538. The average molecular weight is 286 g/mol. The van der Waals surface area contributed by atoms with Crippen LogP contribution in [0.25, 0.3) is 0 Å². The van der Waals surface area contributed by atoms with Gasteiger partial charge < -0.3 is 16.0 Å². The molecule has 1 rings (SSSR count). The molecule has 1 amide bonds. The lowest BCUT2D eigenvalue weighted by molar-refractivity contribution is -0.121. The Kier molecular flexibility index (Phi) is 6.14. The van der Waals surface area contributed by atoms with E-state index in [1.54, 1.807) is 6.92 Å². The zero-order valence-electron chi connectivity index (χ0n) is 11.9. The third-order valence-corrected chi connectivity index (χ3v) is 2.37. The highest BCUT2D eigenvalue weighted by molar-refractivity contribution is 5.76. The number of hydrogen-bond donors (Lipinski definition) is 3. The number of amides is 1. The summed E-state index contributed by atoms with van der Waals surface area (Å²) in [5.74, 6) is -1.74. The van der Waals surface area contributed by atoms with Crippen LogP contribution >= 0.6 is 0 Å². The first kappa shape index (κ1) is 16.1. The van der Waals surface area contributed by atoms with Crippen molar-refractivity contribution in [3.05, 3.63) is 17.7 Å². The summed E-state index contributed by atoms with van der Waals surface area (Å²) in [4.78, 5) is 15.2. The lowest BCUT2D eigenvalue weighted by Gasteiger charge is -2.11. The summed E-state index contributed by atoms with van der Waals surface area (Å²) >= 11 is 0. The Labute approximate surface area is 117 Å². The monoisotopic (exact) mass is 286 g/mol. The van der Waals surface area contributed by atoms with Crippen LogP contribution in [0.15, 0.2) is 6.07 Å². The van der Waals surface area contributed by atoms with Gasteiger partial charge in [-0.15, -0.1) is 0 Å². The first-order chi connectivity index (χ1) is 9.43. The second kappa shape index (κ2) is 7.62. The van der Waals surface area contributed by atoms with E-state index in [-0.39, 0.29) is 36.6 Å². The molecule has 0 saturated carbocycles. The molecule has 0 spiro atoms. The normalized spacial score (nSPS) is 10.5. The Morgan fingerprint density at radius 3 is 2.40 bits per heavy atom. The summed E-state index contributed by atoms with van der Waals surface area (Å²) in [6.07, 6.45) is 0.188. The van der Waals surface area contributed by atoms with Gasteiger partial charge in [-0.3, -0.25) is 4.79 Å². The minimum absolute atomic E-state index is 0.0111. The lowest BCUT2D eigenvalue weighted by Crippen LogP contribution is -2.31. The van der Waals surface area contributed by atoms with E-state index in [0.29, 0.717) is 6.54 Å². The van der Waals surface area contributed by atoms with Crippen molar-refractivity contribution in [3.8, 4) is 0 Å². The van der Waals surface area contributed by atoms with Crippen LogP contribution in [0.1, 0.15) is 27.2 Å². The van der Waals surface area contributed by atoms with Crippen LogP contribution in [0.4, 0.5) is 20.4 Å². The molecule has 0 fully saturated rings. The highest BCUT2D eigenvalue weighted by atomic mass is 19.1. The molecule has 7 heteroatoms. The molecular weight excluding hydrogens is 266 g/mol. The molecule has 1 aromatic heterocycles. The molecular formula is C13H20F2N4O. The number of carbonyl (C=O) groups excluding carboxylic acids is 1. The lowest BCUT2D eigenvalue weighted by atomic mass is 10.3. The maximum atomic E-state index is 13.5. The molecule has 0 aliphatic rings. The molecule has 0 atom stereocenters. The molecule has 0 saturated heterocycles. The predicted molar refractivity (Wildman–Crippen MR) is 74.7 cm³/mol. The highest BCUT2D eigenvalue weighted by Crippen LogP contribution is 2.18. The largest absolute Gasteiger partial charge is 0.368 e. The number of halogens is 2. The summed E-state index contributed by atoms with van der Waals surface area (Å²) in [5.41, 5.74) is 0. The molecule has 0 unspecified atom stereocenters. The van der Waals surface area contributed by atoms with E-state index in [1.807, 2.05) is 13.8 Å². The predicted octanol–water partition coefficient (Wildman–Crippen LogP) is 2.12. The maximum Gasteiger partial charge on any atom is 0.221 e. The zero-order valence-corrected chi connectivity index (χ0v) is 11.9. The minimum atomic E-state index is -0.784. The van der Waals surface area contributed by atoms with Crippen molar-refractivity contribution in [1.29, 1.82) is 0 Å². The van der Waals surface area contributed by atoms with Crippen LogP contribution in [0.3, 0.4) is 0 Å². The first-order valence-corrected chi connectivity index (χ1v) is 6.57. The van der Waals surface area contributed by atoms with E-state index in [4.69, 9.17) is 0 Å². The smallest absolute Gasteiger partial charge is 0.221 e. The van der Waals surface area contributed by atoms with E-state index >= 15 is 0 Å². The van der Waals surface area contributed by atoms with E-state index < -0.39 is 11.6 Å². The van der Waals surface area contributed by atoms with Crippen LogP contribution in [-0.4, -0.2) is 30.0 Å². The van der Waals surface area contributed by atoms with E-state index in [9.17, 15) is 13.6 Å². The Morgan fingerprint density at radius 1 is 1.25 bits per heavy atom. The average Bonchev–Trinajstić information content (AvgIpc) is 2.34. The number of rotatable bonds is 7. The summed E-state index contributed by atoms with van der Waals surface area (Å²) in [6.45, 7) is 6.20. The Bertz CT molecular complexity index is 466. The van der Waals surface area contributed by atoms with Gasteiger partial charge in [0.1, 0.15) is 0 Å². The van der Waals surface area contributed by atoms with E-state index in [2.05, 4.69) is 20.9 Å². The molecule has 1 aromatic rings. The molecule has 0 aliphatic heterocycles. The topological polar surface area (TPSA) is 66.0 Å². The van der Waals surface area contributed by atoms with Gasteiger partial charge in [-0.1, -0.05) is 0 Å². The van der Waals surface area contributed by atoms with Crippen LogP contribution in [0, 0.1) is 11.6 Å². The molecule has 112 valence electrons. The van der Waals surface area contributed by atoms with Gasteiger partial charge in [-0.2, -0.15) is 0 Å². The molecule has 20 heavy (non-hydrogen) atoms. The minimum Gasteiger partial charge on any atom is -0.368 e. The van der Waals surface area contributed by atoms with Gasteiger partial charge >= 0.3 is 0 Å². The first-order valence-electron chi connectivity index (χ1n) is 6.57. The van der Waals surface area contributed by atoms with Crippen molar-refractivity contribution in [2.75, 3.05) is 23.7 Å². The van der Waals surface area contributed by atoms with Gasteiger partial charge in [0.2, 0.25) is 5.91 Å². The van der Waals surface area contributed by atoms with Gasteiger partial charge in [0.05, 0.1) is 0 Å². The number of nitrogens with zero attached hydrogens (tertiary/aromatic N) is 1. The van der Waals surface area contributed by atoms with E-state index in [1.165, 1.54) is 0 Å². The third-order valence-electron chi connectivity index (χ3n) is 2.37. The Balaban J connectivity index is 2.59. The molecule has 1 heterocycles. The Hall–Kier alpha value is -1.92. The maximum absolute atomic E-state index is 13.5. The number of pyridine rings is 1. The van der Waals surface area contributed by atoms with Crippen LogP contribution in [-0.2, 0) is 4.79 Å². The van der Waals surface area contributed by atoms with Crippen LogP contribution < -0.4 is 16.0 Å². The van der Waals surface area contributed by atoms with Crippen LogP contribution in [0.5, 0.6) is 0 Å². The summed E-state index contributed by atoms with van der Waals surface area (Å²) in [6, 6.07) is 0.824. The number of nitrogens with one attached hydrogen (secondary N) is 3. The number of anilines is 2. The van der Waals surface area contributed by atoms with Crippen molar-refractivity contribution in [3.63, 3.8) is 0 Å². The second-order valence-electron chi connectivity index (χ2n) is 4.58. The number of carbonyl (C=O) groups is 1. The highest BCUT2D eigenvalue weighted by Gasteiger charge is 2.11. The van der Waals surface area contributed by atoms with Crippen molar-refractivity contribution >= 4 is 17.5 Å². The standard InChI is InChI=1S/C13H20F2N4O/c1-4-16-12-9(14)7-10(15)13(19-12)17-6-5-11(20)18-8(2)3/h7-8H,4-6H2,1-3H3,(H,18,20)(H2,16,17,19). The number of aromatic nitrogens is 1. The Morgan fingerprint density at radius 2 is 1.85 bits per heavy atom. The molecule has 5 nitrogen and oxygen atoms in total. The number of hydrogen-bond acceptors (Lipinski definition) is 4. The summed E-state index contributed by atoms with van der Waals surface area (Å²) in [7, 11) is 0. The van der Waals surface area contributed by atoms with Crippen molar-refractivity contribution in [1.82, 2.24) is 10.3 Å². The molecule has 3 N–H and O–H groups in total. The zero-order chi connectivity index (χ0) is 15.1. The fourth-order valence-electron chi connectivity index (χ4n) is 1.57. The fourth-order valence-corrected chi connectivity index (χ4v) is 1.57. The summed E-state index contributed by atoms with van der Waals surface area (Å²) in [5, 5.41) is 8.11. The molecule has 0 aliphatic carbocycles. The van der Waals surface area contributed by atoms with Crippen molar-refractivity contribution < 1.29 is 13.6 Å². The van der Waals surface area contributed by atoms with E-state index in [0.717, 1.165) is 6.07 Å². The van der Waals surface area contributed by atoms with Gasteiger partial charge in [-0.25, -0.2) is 13.8 Å². The quantitative estimate of drug-likeness (QED) is 0.718. The summed E-state index contributed by atoms with van der Waals surface area (Å²) < 4.78 is 26.9. The van der Waals surface area contributed by atoms with Gasteiger partial charge in [0, 0.05) is 31.6 Å². The third kappa shape index (κ3) is 4.99. The van der Waals surface area contributed by atoms with Gasteiger partial charge in [0.15, 0.2) is 23.3 Å². The van der Waals surface area contributed by atoms with Crippen molar-refractivity contribution in [2.24, 2.45) is 0 Å². The molecule has 0 radical (unpaired) electrons. The second-order valence-corrected chi connectivity index (χ2v) is 4.58. The molecule has 0 aromatic carbocycles. The molecule has 0 bridgehead atoms.